The maximum atomic E-state index is 12.7. The predicted octanol–water partition coefficient (Wildman–Crippen LogP) is 0.927. The van der Waals surface area contributed by atoms with Gasteiger partial charge in [0.1, 0.15) is 12.6 Å². The number of rotatable bonds is 2. The highest BCUT2D eigenvalue weighted by molar-refractivity contribution is 5.95. The summed E-state index contributed by atoms with van der Waals surface area (Å²) < 4.78 is 5.82. The number of piperazine rings is 1. The van der Waals surface area contributed by atoms with Gasteiger partial charge in [-0.05, 0) is 30.6 Å². The first-order valence-electron chi connectivity index (χ1n) is 7.59. The van der Waals surface area contributed by atoms with E-state index in [1.165, 1.54) is 12.8 Å². The molecule has 0 aromatic heterocycles. The first kappa shape index (κ1) is 13.9. The van der Waals surface area contributed by atoms with Crippen molar-refractivity contribution in [3.05, 3.63) is 0 Å². The molecule has 3 atom stereocenters. The number of hydrogen-bond acceptors (Lipinski definition) is 3. The number of nitrogens with zero attached hydrogens (tertiary/aromatic N) is 1. The van der Waals surface area contributed by atoms with E-state index >= 15 is 0 Å². The summed E-state index contributed by atoms with van der Waals surface area (Å²) >= 11 is 0. The van der Waals surface area contributed by atoms with E-state index in [1.54, 1.807) is 4.90 Å². The summed E-state index contributed by atoms with van der Waals surface area (Å²) in [6, 6.07) is -0.338. The van der Waals surface area contributed by atoms with Crippen molar-refractivity contribution >= 4 is 11.8 Å². The van der Waals surface area contributed by atoms with E-state index in [0.717, 1.165) is 6.42 Å². The second-order valence-electron chi connectivity index (χ2n) is 7.36. The fraction of sp³-hybridized carbons (Fsp3) is 0.867. The zero-order chi connectivity index (χ0) is 14.5. The number of hydrogen-bond donors (Lipinski definition) is 1. The highest BCUT2D eigenvalue weighted by Gasteiger charge is 2.49. The Morgan fingerprint density at radius 3 is 2.50 bits per heavy atom. The average molecular weight is 280 g/mol. The predicted molar refractivity (Wildman–Crippen MR) is 74.0 cm³/mol. The molecule has 0 aromatic rings. The standard InChI is InChI=1S/C15H24N2O3/c1-15(2,3)13-14(19)17(8-11(18)16-13)10-6-7-20-12(10)9-4-5-9/h9-10,12-13H,4-8H2,1-3H3,(H,16,18). The molecule has 2 amide bonds. The molecule has 20 heavy (non-hydrogen) atoms. The second-order valence-corrected chi connectivity index (χ2v) is 7.36. The lowest BCUT2D eigenvalue weighted by atomic mass is 9.84. The van der Waals surface area contributed by atoms with Gasteiger partial charge in [0.2, 0.25) is 11.8 Å². The van der Waals surface area contributed by atoms with Gasteiger partial charge in [0.05, 0.1) is 12.1 Å². The molecule has 0 spiro atoms. The van der Waals surface area contributed by atoms with Crippen LogP contribution in [-0.4, -0.2) is 48.1 Å². The van der Waals surface area contributed by atoms with Crippen LogP contribution >= 0.6 is 0 Å². The molecule has 5 nitrogen and oxygen atoms in total. The number of carbonyl (C=O) groups is 2. The van der Waals surface area contributed by atoms with E-state index in [4.69, 9.17) is 4.74 Å². The lowest BCUT2D eigenvalue weighted by Crippen LogP contribution is -2.65. The minimum Gasteiger partial charge on any atom is -0.376 e. The normalized spacial score (nSPS) is 35.4. The Kier molecular flexibility index (Phi) is 3.27. The largest absolute Gasteiger partial charge is 0.376 e. The van der Waals surface area contributed by atoms with Crippen LogP contribution in [-0.2, 0) is 14.3 Å². The summed E-state index contributed by atoms with van der Waals surface area (Å²) in [7, 11) is 0. The van der Waals surface area contributed by atoms with Crippen LogP contribution in [0, 0.1) is 11.3 Å². The van der Waals surface area contributed by atoms with Crippen LogP contribution in [0.1, 0.15) is 40.0 Å². The number of carbonyl (C=O) groups excluding carboxylic acids is 2. The molecule has 2 heterocycles. The molecule has 2 aliphatic heterocycles. The quantitative estimate of drug-likeness (QED) is 0.818. The Hall–Kier alpha value is -1.10. The molecule has 3 unspecified atom stereocenters. The van der Waals surface area contributed by atoms with Crippen LogP contribution in [0.3, 0.4) is 0 Å². The Balaban J connectivity index is 1.80. The summed E-state index contributed by atoms with van der Waals surface area (Å²) in [6.07, 6.45) is 3.39. The van der Waals surface area contributed by atoms with Gasteiger partial charge in [0.15, 0.2) is 0 Å². The second kappa shape index (κ2) is 4.72. The minimum atomic E-state index is -0.427. The SMILES string of the molecule is CC(C)(C)C1NC(=O)CN(C2CCOC2C2CC2)C1=O. The van der Waals surface area contributed by atoms with Crippen LogP contribution < -0.4 is 5.32 Å². The minimum absolute atomic E-state index is 0.0500. The fourth-order valence-corrected chi connectivity index (χ4v) is 3.34. The van der Waals surface area contributed by atoms with E-state index in [9.17, 15) is 9.59 Å². The average Bonchev–Trinajstić information content (AvgIpc) is 3.08. The van der Waals surface area contributed by atoms with Gasteiger partial charge in [-0.15, -0.1) is 0 Å². The maximum Gasteiger partial charge on any atom is 0.246 e. The monoisotopic (exact) mass is 280 g/mol. The van der Waals surface area contributed by atoms with Gasteiger partial charge >= 0.3 is 0 Å². The number of amides is 2. The molecule has 0 bridgehead atoms. The smallest absolute Gasteiger partial charge is 0.246 e. The maximum absolute atomic E-state index is 12.7. The van der Waals surface area contributed by atoms with Gasteiger partial charge in [-0.3, -0.25) is 9.59 Å². The molecular weight excluding hydrogens is 256 g/mol. The van der Waals surface area contributed by atoms with E-state index in [2.05, 4.69) is 5.32 Å². The summed E-state index contributed by atoms with van der Waals surface area (Å²) in [5.74, 6) is 0.595. The third-order valence-electron chi connectivity index (χ3n) is 4.61. The molecule has 5 heteroatoms. The van der Waals surface area contributed by atoms with Crippen LogP contribution in [0.4, 0.5) is 0 Å². The molecule has 0 radical (unpaired) electrons. The van der Waals surface area contributed by atoms with Gasteiger partial charge in [0.25, 0.3) is 0 Å². The van der Waals surface area contributed by atoms with Crippen LogP contribution in [0.15, 0.2) is 0 Å². The van der Waals surface area contributed by atoms with Gasteiger partial charge in [-0.25, -0.2) is 0 Å². The molecule has 3 fully saturated rings. The molecule has 112 valence electrons. The van der Waals surface area contributed by atoms with Crippen molar-refractivity contribution in [1.29, 1.82) is 0 Å². The molecule has 3 rings (SSSR count). The highest BCUT2D eigenvalue weighted by atomic mass is 16.5. The number of nitrogens with one attached hydrogen (secondary N) is 1. The van der Waals surface area contributed by atoms with Crippen LogP contribution in [0.25, 0.3) is 0 Å². The summed E-state index contributed by atoms with van der Waals surface area (Å²) in [5.41, 5.74) is -0.264. The first-order valence-corrected chi connectivity index (χ1v) is 7.59. The van der Waals surface area contributed by atoms with Gasteiger partial charge in [0, 0.05) is 6.61 Å². The van der Waals surface area contributed by atoms with Gasteiger partial charge in [-0.2, -0.15) is 0 Å². The van der Waals surface area contributed by atoms with E-state index in [1.807, 2.05) is 20.8 Å². The van der Waals surface area contributed by atoms with Crippen molar-refractivity contribution in [3.63, 3.8) is 0 Å². The van der Waals surface area contributed by atoms with Gasteiger partial charge < -0.3 is 15.0 Å². The van der Waals surface area contributed by atoms with Gasteiger partial charge in [-0.1, -0.05) is 20.8 Å². The third kappa shape index (κ3) is 2.43. The zero-order valence-electron chi connectivity index (χ0n) is 12.5. The summed E-state index contributed by atoms with van der Waals surface area (Å²) in [4.78, 5) is 26.5. The number of ether oxygens (including phenoxy) is 1. The lowest BCUT2D eigenvalue weighted by molar-refractivity contribution is -0.151. The fourth-order valence-electron chi connectivity index (χ4n) is 3.34. The molecule has 1 N–H and O–H groups in total. The van der Waals surface area contributed by atoms with Crippen molar-refractivity contribution in [1.82, 2.24) is 10.2 Å². The first-order chi connectivity index (χ1) is 9.38. The third-order valence-corrected chi connectivity index (χ3v) is 4.61. The van der Waals surface area contributed by atoms with E-state index in [-0.39, 0.29) is 35.9 Å². The highest BCUT2D eigenvalue weighted by Crippen LogP contribution is 2.41. The van der Waals surface area contributed by atoms with Crippen molar-refractivity contribution in [3.8, 4) is 0 Å². The Labute approximate surface area is 120 Å². The van der Waals surface area contributed by atoms with E-state index in [0.29, 0.717) is 12.5 Å². The molecular formula is C15H24N2O3. The molecule has 0 aromatic carbocycles. The van der Waals surface area contributed by atoms with Crippen molar-refractivity contribution < 1.29 is 14.3 Å². The van der Waals surface area contributed by atoms with Crippen molar-refractivity contribution in [2.75, 3.05) is 13.2 Å². The Bertz CT molecular complexity index is 425. The molecule has 2 saturated heterocycles. The van der Waals surface area contributed by atoms with Crippen molar-refractivity contribution in [2.45, 2.75) is 58.2 Å². The Morgan fingerprint density at radius 1 is 1.20 bits per heavy atom. The molecule has 1 saturated carbocycles. The lowest BCUT2D eigenvalue weighted by Gasteiger charge is -2.42. The Morgan fingerprint density at radius 2 is 1.90 bits per heavy atom. The molecule has 1 aliphatic carbocycles. The van der Waals surface area contributed by atoms with Crippen LogP contribution in [0.5, 0.6) is 0 Å². The topological polar surface area (TPSA) is 58.6 Å². The van der Waals surface area contributed by atoms with Crippen molar-refractivity contribution in [2.24, 2.45) is 11.3 Å². The van der Waals surface area contributed by atoms with E-state index < -0.39 is 6.04 Å². The summed E-state index contributed by atoms with van der Waals surface area (Å²) in [6.45, 7) is 6.86. The van der Waals surface area contributed by atoms with Crippen LogP contribution in [0.2, 0.25) is 0 Å². The molecule has 3 aliphatic rings. The summed E-state index contributed by atoms with van der Waals surface area (Å²) in [5, 5.41) is 2.85. The zero-order valence-corrected chi connectivity index (χ0v) is 12.5.